The van der Waals surface area contributed by atoms with Crippen molar-refractivity contribution >= 4 is 22.0 Å². The zero-order valence-electron chi connectivity index (χ0n) is 6.51. The van der Waals surface area contributed by atoms with Crippen molar-refractivity contribution in [2.75, 3.05) is 0 Å². The van der Waals surface area contributed by atoms with Gasteiger partial charge in [-0.05, 0) is 29.3 Å². The van der Waals surface area contributed by atoms with E-state index in [1.54, 1.807) is 24.5 Å². The van der Waals surface area contributed by atoms with Crippen molar-refractivity contribution in [3.05, 3.63) is 30.6 Å². The van der Waals surface area contributed by atoms with Gasteiger partial charge in [-0.1, -0.05) is 0 Å². The highest BCUT2D eigenvalue weighted by Gasteiger charge is 1.96. The highest BCUT2D eigenvalue weighted by molar-refractivity contribution is 7.79. The summed E-state index contributed by atoms with van der Waals surface area (Å²) >= 11 is -2.27. The van der Waals surface area contributed by atoms with Crippen molar-refractivity contribution in [3.63, 3.8) is 0 Å². The Labute approximate surface area is 76.9 Å². The first-order valence-corrected chi connectivity index (χ1v) is 4.65. The Morgan fingerprint density at radius 3 is 2.92 bits per heavy atom. The van der Waals surface area contributed by atoms with Gasteiger partial charge in [-0.25, -0.2) is 4.98 Å². The molecule has 66 valence electrons. The maximum absolute atomic E-state index is 10.6. The lowest BCUT2D eigenvalue weighted by Gasteiger charge is -2.04. The molecule has 1 atom stereocenters. The van der Waals surface area contributed by atoms with Crippen LogP contribution < -0.4 is 0 Å². The zero-order chi connectivity index (χ0) is 9.26. The molecule has 0 aliphatic heterocycles. The summed E-state index contributed by atoms with van der Waals surface area (Å²) in [6.07, 6.45) is 3.21. The van der Waals surface area contributed by atoms with Gasteiger partial charge in [-0.3, -0.25) is 9.19 Å². The number of rotatable bonds is 1. The summed E-state index contributed by atoms with van der Waals surface area (Å²) in [6, 6.07) is 4.80. The average molecular weight is 193 g/mol. The third-order valence-electron chi connectivity index (χ3n) is 1.63. The predicted octanol–water partition coefficient (Wildman–Crippen LogP) is 0.868. The maximum atomic E-state index is 10.6. The molecule has 0 aliphatic carbocycles. The van der Waals surface area contributed by atoms with E-state index >= 15 is 0 Å². The molecular formula is C8H5N2O2S-. The zero-order valence-corrected chi connectivity index (χ0v) is 7.32. The number of fused-ring (bicyclic) bond motifs is 1. The molecule has 2 aromatic rings. The Balaban J connectivity index is 2.69. The van der Waals surface area contributed by atoms with Gasteiger partial charge in [-0.2, -0.15) is 0 Å². The quantitative estimate of drug-likeness (QED) is 0.630. The highest BCUT2D eigenvalue weighted by atomic mass is 32.2. The van der Waals surface area contributed by atoms with Crippen LogP contribution in [0.5, 0.6) is 0 Å². The van der Waals surface area contributed by atoms with Crippen LogP contribution in [0.3, 0.4) is 0 Å². The van der Waals surface area contributed by atoms with Crippen LogP contribution in [0.15, 0.2) is 35.6 Å². The van der Waals surface area contributed by atoms with E-state index in [-0.39, 0.29) is 5.03 Å². The first kappa shape index (κ1) is 8.28. The number of pyridine rings is 2. The molecule has 0 radical (unpaired) electrons. The SMILES string of the molecule is O=S([O-])c1ccc2cnccc2n1. The Kier molecular flexibility index (Phi) is 2.03. The summed E-state index contributed by atoms with van der Waals surface area (Å²) in [6.45, 7) is 0. The van der Waals surface area contributed by atoms with Crippen molar-refractivity contribution in [1.82, 2.24) is 9.97 Å². The smallest absolute Gasteiger partial charge is 0.114 e. The minimum Gasteiger partial charge on any atom is -0.767 e. The number of hydrogen-bond acceptors (Lipinski definition) is 4. The van der Waals surface area contributed by atoms with Crippen molar-refractivity contribution in [2.45, 2.75) is 5.03 Å². The first-order chi connectivity index (χ1) is 6.27. The molecule has 0 spiro atoms. The van der Waals surface area contributed by atoms with Crippen LogP contribution in [0.25, 0.3) is 10.9 Å². The number of nitrogens with zero attached hydrogens (tertiary/aromatic N) is 2. The Morgan fingerprint density at radius 2 is 2.15 bits per heavy atom. The average Bonchev–Trinajstić information content (AvgIpc) is 2.17. The highest BCUT2D eigenvalue weighted by Crippen LogP contribution is 2.11. The summed E-state index contributed by atoms with van der Waals surface area (Å²) < 4.78 is 21.1. The van der Waals surface area contributed by atoms with Crippen LogP contribution in [0.2, 0.25) is 0 Å². The molecular weight excluding hydrogens is 188 g/mol. The van der Waals surface area contributed by atoms with Gasteiger partial charge in [0.05, 0.1) is 5.52 Å². The molecule has 4 nitrogen and oxygen atoms in total. The van der Waals surface area contributed by atoms with Crippen molar-refractivity contribution in [3.8, 4) is 0 Å². The van der Waals surface area contributed by atoms with E-state index < -0.39 is 11.1 Å². The monoisotopic (exact) mass is 193 g/mol. The van der Waals surface area contributed by atoms with Crippen LogP contribution in [0.1, 0.15) is 0 Å². The molecule has 0 bridgehead atoms. The second kappa shape index (κ2) is 3.20. The maximum Gasteiger partial charge on any atom is 0.114 e. The molecule has 0 aromatic carbocycles. The molecule has 0 N–H and O–H groups in total. The van der Waals surface area contributed by atoms with Gasteiger partial charge in [-0.15, -0.1) is 0 Å². The molecule has 13 heavy (non-hydrogen) atoms. The molecule has 1 unspecified atom stereocenters. The minimum absolute atomic E-state index is 0.0544. The summed E-state index contributed by atoms with van der Waals surface area (Å²) in [5.74, 6) is 0. The van der Waals surface area contributed by atoms with Gasteiger partial charge < -0.3 is 4.55 Å². The Bertz CT molecular complexity index is 472. The van der Waals surface area contributed by atoms with Crippen LogP contribution >= 0.6 is 0 Å². The fourth-order valence-electron chi connectivity index (χ4n) is 1.04. The molecule has 2 aromatic heterocycles. The normalized spacial score (nSPS) is 13.0. The number of hydrogen-bond donors (Lipinski definition) is 0. The number of aromatic nitrogens is 2. The van der Waals surface area contributed by atoms with E-state index in [9.17, 15) is 8.76 Å². The van der Waals surface area contributed by atoms with Crippen LogP contribution in [0.4, 0.5) is 0 Å². The van der Waals surface area contributed by atoms with E-state index in [0.29, 0.717) is 5.52 Å². The third kappa shape index (κ3) is 1.56. The molecule has 0 aliphatic rings. The largest absolute Gasteiger partial charge is 0.767 e. The van der Waals surface area contributed by atoms with Crippen LogP contribution in [0, 0.1) is 0 Å². The van der Waals surface area contributed by atoms with Gasteiger partial charge in [0.15, 0.2) is 0 Å². The summed E-state index contributed by atoms with van der Waals surface area (Å²) in [5, 5.41) is 0.885. The Morgan fingerprint density at radius 1 is 1.31 bits per heavy atom. The van der Waals surface area contributed by atoms with Crippen molar-refractivity contribution < 1.29 is 8.76 Å². The van der Waals surface area contributed by atoms with Crippen molar-refractivity contribution in [1.29, 1.82) is 0 Å². The second-order valence-corrected chi connectivity index (χ2v) is 3.34. The van der Waals surface area contributed by atoms with E-state index in [2.05, 4.69) is 9.97 Å². The van der Waals surface area contributed by atoms with Gasteiger partial charge in [0.25, 0.3) is 0 Å². The fourth-order valence-corrected chi connectivity index (χ4v) is 1.39. The van der Waals surface area contributed by atoms with Crippen molar-refractivity contribution in [2.24, 2.45) is 0 Å². The van der Waals surface area contributed by atoms with E-state index in [1.807, 2.05) is 0 Å². The Hall–Kier alpha value is -1.33. The second-order valence-electron chi connectivity index (χ2n) is 2.45. The third-order valence-corrected chi connectivity index (χ3v) is 2.20. The van der Waals surface area contributed by atoms with Crippen LogP contribution in [-0.2, 0) is 11.1 Å². The molecule has 0 saturated heterocycles. The molecule has 2 rings (SSSR count). The predicted molar refractivity (Wildman–Crippen MR) is 46.7 cm³/mol. The molecule has 5 heteroatoms. The van der Waals surface area contributed by atoms with Gasteiger partial charge in [0.2, 0.25) is 0 Å². The fraction of sp³-hybridized carbons (Fsp3) is 0. The van der Waals surface area contributed by atoms with Gasteiger partial charge in [0, 0.05) is 17.8 Å². The van der Waals surface area contributed by atoms with E-state index in [4.69, 9.17) is 0 Å². The molecule has 0 fully saturated rings. The van der Waals surface area contributed by atoms with E-state index in [0.717, 1.165) is 5.39 Å². The molecule has 0 saturated carbocycles. The lowest BCUT2D eigenvalue weighted by Crippen LogP contribution is -1.93. The lowest BCUT2D eigenvalue weighted by molar-refractivity contribution is 0.534. The molecule has 0 amide bonds. The van der Waals surface area contributed by atoms with Gasteiger partial charge >= 0.3 is 0 Å². The first-order valence-electron chi connectivity index (χ1n) is 3.57. The van der Waals surface area contributed by atoms with Crippen LogP contribution in [-0.4, -0.2) is 18.7 Å². The van der Waals surface area contributed by atoms with Gasteiger partial charge in [0.1, 0.15) is 5.03 Å². The standard InChI is InChI=1S/C8H6N2O2S/c11-13(12)8-2-1-6-5-9-4-3-7(6)10-8/h1-5H,(H,11,12)/p-1. The summed E-state index contributed by atoms with van der Waals surface area (Å²) in [7, 11) is 0. The molecule has 2 heterocycles. The summed E-state index contributed by atoms with van der Waals surface area (Å²) in [4.78, 5) is 7.82. The topological polar surface area (TPSA) is 65.9 Å². The summed E-state index contributed by atoms with van der Waals surface area (Å²) in [5.41, 5.74) is 0.636. The minimum atomic E-state index is -2.27. The lowest BCUT2D eigenvalue weighted by atomic mass is 10.3. The van der Waals surface area contributed by atoms with E-state index in [1.165, 1.54) is 6.07 Å².